The first-order chi connectivity index (χ1) is 41.0. The molecule has 0 saturated heterocycles. The quantitative estimate of drug-likeness (QED) is 0.0320. The van der Waals surface area contributed by atoms with Crippen LogP contribution >= 0.6 is 0 Å². The molecule has 0 aliphatic carbocycles. The third-order valence-corrected chi connectivity index (χ3v) is 17.7. The zero-order valence-corrected chi connectivity index (χ0v) is 56.2. The van der Waals surface area contributed by atoms with Crippen LogP contribution in [0, 0.1) is 0 Å². The number of esters is 1. The second-order valence-corrected chi connectivity index (χ2v) is 26.0. The third kappa shape index (κ3) is 69.1. The molecule has 490 valence electrons. The predicted molar refractivity (Wildman–Crippen MR) is 366 cm³/mol. The van der Waals surface area contributed by atoms with E-state index in [9.17, 15) is 19.8 Å². The van der Waals surface area contributed by atoms with Gasteiger partial charge in [-0.3, -0.25) is 9.59 Å². The van der Waals surface area contributed by atoms with Crippen molar-refractivity contribution in [2.24, 2.45) is 0 Å². The van der Waals surface area contributed by atoms with E-state index in [2.05, 4.69) is 55.6 Å². The molecule has 3 N–H and O–H groups in total. The second kappa shape index (κ2) is 72.6. The van der Waals surface area contributed by atoms with Gasteiger partial charge in [0.25, 0.3) is 0 Å². The SMILES string of the molecule is CCCCCC/C=C\C/C=C\CCCCCCCCCC(=O)OCCCCCCCCCCCCCC/C=C\CCCCCCCCCCCCCCCCCCCC(=O)NC(CO)C(O)CCCCCCCCCCCCCCCCC. The molecule has 0 aromatic rings. The highest BCUT2D eigenvalue weighted by Gasteiger charge is 2.20. The van der Waals surface area contributed by atoms with E-state index in [1.165, 1.54) is 334 Å². The molecule has 0 aromatic heterocycles. The van der Waals surface area contributed by atoms with Crippen LogP contribution in [-0.2, 0) is 14.3 Å². The van der Waals surface area contributed by atoms with E-state index in [1.807, 2.05) is 0 Å². The highest BCUT2D eigenvalue weighted by Crippen LogP contribution is 2.19. The maximum atomic E-state index is 12.5. The van der Waals surface area contributed by atoms with Crippen LogP contribution in [0.3, 0.4) is 0 Å². The molecule has 0 aliphatic rings. The molecule has 6 heteroatoms. The van der Waals surface area contributed by atoms with Crippen molar-refractivity contribution >= 4 is 11.9 Å². The van der Waals surface area contributed by atoms with Crippen molar-refractivity contribution in [1.29, 1.82) is 0 Å². The zero-order chi connectivity index (χ0) is 59.9. The average Bonchev–Trinajstić information content (AvgIpc) is 3.48. The number of allylic oxidation sites excluding steroid dienone is 6. The fourth-order valence-electron chi connectivity index (χ4n) is 11.9. The molecule has 0 saturated carbocycles. The van der Waals surface area contributed by atoms with E-state index in [0.717, 1.165) is 51.4 Å². The van der Waals surface area contributed by atoms with Crippen LogP contribution in [0.1, 0.15) is 418 Å². The fraction of sp³-hybridized carbons (Fsp3) is 0.896. The van der Waals surface area contributed by atoms with E-state index >= 15 is 0 Å². The number of aliphatic hydroxyl groups is 2. The second-order valence-electron chi connectivity index (χ2n) is 26.0. The summed E-state index contributed by atoms with van der Waals surface area (Å²) < 4.78 is 5.51. The third-order valence-electron chi connectivity index (χ3n) is 17.7. The highest BCUT2D eigenvalue weighted by atomic mass is 16.5. The summed E-state index contributed by atoms with van der Waals surface area (Å²) in [6, 6.07) is -0.539. The van der Waals surface area contributed by atoms with E-state index in [4.69, 9.17) is 4.74 Å². The van der Waals surface area contributed by atoms with Gasteiger partial charge in [0.2, 0.25) is 5.91 Å². The molecular weight excluding hydrogens is 1020 g/mol. The average molecular weight is 1170 g/mol. The molecule has 0 aliphatic heterocycles. The highest BCUT2D eigenvalue weighted by molar-refractivity contribution is 5.76. The molecule has 0 fully saturated rings. The number of unbranched alkanes of at least 4 members (excludes halogenated alkanes) is 54. The minimum atomic E-state index is -0.662. The summed E-state index contributed by atoms with van der Waals surface area (Å²) in [4.78, 5) is 24.6. The maximum Gasteiger partial charge on any atom is 0.305 e. The van der Waals surface area contributed by atoms with Crippen LogP contribution in [0.25, 0.3) is 0 Å². The summed E-state index contributed by atoms with van der Waals surface area (Å²) in [5, 5.41) is 23.3. The maximum absolute atomic E-state index is 12.5. The smallest absolute Gasteiger partial charge is 0.305 e. The summed E-state index contributed by atoms with van der Waals surface area (Å²) in [5.74, 6) is -0.0170. The normalized spacial score (nSPS) is 12.7. The molecule has 6 nitrogen and oxygen atoms in total. The van der Waals surface area contributed by atoms with Crippen molar-refractivity contribution in [3.63, 3.8) is 0 Å². The van der Waals surface area contributed by atoms with E-state index in [0.29, 0.717) is 25.9 Å². The Bertz CT molecular complexity index is 1340. The van der Waals surface area contributed by atoms with Crippen LogP contribution in [0.5, 0.6) is 0 Å². The number of nitrogens with one attached hydrogen (secondary N) is 1. The zero-order valence-electron chi connectivity index (χ0n) is 56.2. The van der Waals surface area contributed by atoms with Gasteiger partial charge in [-0.1, -0.05) is 359 Å². The van der Waals surface area contributed by atoms with Gasteiger partial charge in [-0.05, 0) is 83.5 Å². The molecular formula is C77H147NO5. The molecule has 0 radical (unpaired) electrons. The summed E-state index contributed by atoms with van der Waals surface area (Å²) >= 11 is 0. The van der Waals surface area contributed by atoms with Crippen molar-refractivity contribution < 1.29 is 24.5 Å². The number of amides is 1. The Morgan fingerprint density at radius 2 is 0.602 bits per heavy atom. The molecule has 0 aromatic carbocycles. The number of carbonyl (C=O) groups is 2. The molecule has 0 spiro atoms. The van der Waals surface area contributed by atoms with Crippen LogP contribution in [0.2, 0.25) is 0 Å². The molecule has 1 amide bonds. The predicted octanol–water partition coefficient (Wildman–Crippen LogP) is 24.7. The van der Waals surface area contributed by atoms with Gasteiger partial charge in [0.15, 0.2) is 0 Å². The molecule has 0 rings (SSSR count). The van der Waals surface area contributed by atoms with E-state index < -0.39 is 12.1 Å². The number of ether oxygens (including phenoxy) is 1. The van der Waals surface area contributed by atoms with Gasteiger partial charge in [-0.25, -0.2) is 0 Å². The Morgan fingerprint density at radius 1 is 0.337 bits per heavy atom. The minimum Gasteiger partial charge on any atom is -0.466 e. The van der Waals surface area contributed by atoms with Gasteiger partial charge in [-0.15, -0.1) is 0 Å². The minimum absolute atomic E-state index is 0.0119. The lowest BCUT2D eigenvalue weighted by atomic mass is 10.0. The fourth-order valence-corrected chi connectivity index (χ4v) is 11.9. The van der Waals surface area contributed by atoms with E-state index in [1.54, 1.807) is 0 Å². The molecule has 0 bridgehead atoms. The standard InChI is InChI=1S/C77H147NO5/c1-3-5-7-9-11-13-15-17-19-20-39-43-47-51-55-59-63-67-71-77(82)83-72-68-64-60-56-52-48-44-40-37-35-33-31-29-27-25-23-21-22-24-26-28-30-32-34-36-38-42-46-50-54-58-62-66-70-76(81)78-74(73-79)75(80)69-65-61-57-53-49-45-41-18-16-14-12-10-8-6-4-2/h13,15,19-20,25,27,74-75,79-80H,3-12,14,16-18,21-24,26,28-73H2,1-2H3,(H,78,81)/b15-13-,20-19-,27-25-. The van der Waals surface area contributed by atoms with Crippen LogP contribution < -0.4 is 5.32 Å². The summed E-state index contributed by atoms with van der Waals surface area (Å²) in [6.45, 7) is 4.97. The Balaban J connectivity index is 3.34. The number of carbonyl (C=O) groups excluding carboxylic acids is 2. The van der Waals surface area contributed by atoms with Gasteiger partial charge in [0.1, 0.15) is 0 Å². The first-order valence-corrected chi connectivity index (χ1v) is 37.7. The number of rotatable bonds is 71. The Hall–Kier alpha value is -1.92. The number of aliphatic hydroxyl groups excluding tert-OH is 2. The van der Waals surface area contributed by atoms with Crippen molar-refractivity contribution in [2.45, 2.75) is 431 Å². The van der Waals surface area contributed by atoms with Crippen LogP contribution in [-0.4, -0.2) is 47.4 Å². The number of hydrogen-bond acceptors (Lipinski definition) is 5. The topological polar surface area (TPSA) is 95.9 Å². The number of hydrogen-bond donors (Lipinski definition) is 3. The van der Waals surface area contributed by atoms with Gasteiger partial charge in [0, 0.05) is 12.8 Å². The summed E-state index contributed by atoms with van der Waals surface area (Å²) in [5.41, 5.74) is 0. The van der Waals surface area contributed by atoms with Gasteiger partial charge >= 0.3 is 5.97 Å². The molecule has 83 heavy (non-hydrogen) atoms. The summed E-state index contributed by atoms with van der Waals surface area (Å²) in [6.07, 6.45) is 93.6. The molecule has 2 unspecified atom stereocenters. The Morgan fingerprint density at radius 3 is 0.940 bits per heavy atom. The van der Waals surface area contributed by atoms with Crippen LogP contribution in [0.4, 0.5) is 0 Å². The lowest BCUT2D eigenvalue weighted by Gasteiger charge is -2.22. The van der Waals surface area contributed by atoms with Crippen LogP contribution in [0.15, 0.2) is 36.5 Å². The van der Waals surface area contributed by atoms with Crippen molar-refractivity contribution in [3.8, 4) is 0 Å². The molecule has 2 atom stereocenters. The monoisotopic (exact) mass is 1170 g/mol. The largest absolute Gasteiger partial charge is 0.466 e. The van der Waals surface area contributed by atoms with Gasteiger partial charge < -0.3 is 20.3 Å². The lowest BCUT2D eigenvalue weighted by Crippen LogP contribution is -2.45. The first-order valence-electron chi connectivity index (χ1n) is 37.7. The van der Waals surface area contributed by atoms with Crippen molar-refractivity contribution in [2.75, 3.05) is 13.2 Å². The summed E-state index contributed by atoms with van der Waals surface area (Å²) in [7, 11) is 0. The Labute approximate surface area is 519 Å². The van der Waals surface area contributed by atoms with Gasteiger partial charge in [-0.2, -0.15) is 0 Å². The van der Waals surface area contributed by atoms with Crippen molar-refractivity contribution in [1.82, 2.24) is 5.32 Å². The lowest BCUT2D eigenvalue weighted by molar-refractivity contribution is -0.143. The van der Waals surface area contributed by atoms with Crippen molar-refractivity contribution in [3.05, 3.63) is 36.5 Å². The van der Waals surface area contributed by atoms with E-state index in [-0.39, 0.29) is 18.5 Å². The molecule has 0 heterocycles. The first kappa shape index (κ1) is 81.1. The Kier molecular flexibility index (Phi) is 70.9. The van der Waals surface area contributed by atoms with Gasteiger partial charge in [0.05, 0.1) is 25.4 Å².